The highest BCUT2D eigenvalue weighted by Gasteiger charge is 2.33. The third-order valence-electron chi connectivity index (χ3n) is 8.21. The molecule has 0 radical (unpaired) electrons. The largest absolute Gasteiger partial charge is 0.481 e. The molecule has 0 saturated carbocycles. The molecule has 0 aliphatic carbocycles. The summed E-state index contributed by atoms with van der Waals surface area (Å²) in [7, 11) is 0. The van der Waals surface area contributed by atoms with Crippen LogP contribution in [0.2, 0.25) is 0 Å². The first-order valence-electron chi connectivity index (χ1n) is 15.5. The Balaban J connectivity index is 1.26. The Kier molecular flexibility index (Phi) is 11.5. The number of benzene rings is 3. The van der Waals surface area contributed by atoms with Crippen molar-refractivity contribution in [3.05, 3.63) is 95.1 Å². The molecular weight excluding hydrogens is 560 g/mol. The highest BCUT2D eigenvalue weighted by molar-refractivity contribution is 5.76. The fraction of sp³-hybridized carbons (Fsp3) is 0.429. The molecular formula is C35H42N2O7. The zero-order chi connectivity index (χ0) is 30.7. The topological polar surface area (TPSA) is 118 Å². The summed E-state index contributed by atoms with van der Waals surface area (Å²) in [4.78, 5) is 25.4. The minimum absolute atomic E-state index is 0.00758. The van der Waals surface area contributed by atoms with Gasteiger partial charge in [-0.25, -0.2) is 0 Å². The molecule has 44 heavy (non-hydrogen) atoms. The van der Waals surface area contributed by atoms with E-state index in [2.05, 4.69) is 22.3 Å². The average molecular weight is 603 g/mol. The van der Waals surface area contributed by atoms with Gasteiger partial charge in [0.25, 0.3) is 0 Å². The molecule has 0 aromatic heterocycles. The number of carbonyl (C=O) groups is 2. The zero-order valence-corrected chi connectivity index (χ0v) is 25.0. The van der Waals surface area contributed by atoms with E-state index in [-0.39, 0.29) is 31.1 Å². The van der Waals surface area contributed by atoms with Gasteiger partial charge in [-0.05, 0) is 40.7 Å². The Morgan fingerprint density at radius 3 is 2.30 bits per heavy atom. The smallest absolute Gasteiger partial charge is 0.303 e. The van der Waals surface area contributed by atoms with Crippen molar-refractivity contribution in [1.29, 1.82) is 0 Å². The molecule has 0 spiro atoms. The minimum Gasteiger partial charge on any atom is -0.481 e. The second-order valence-corrected chi connectivity index (χ2v) is 11.4. The van der Waals surface area contributed by atoms with Gasteiger partial charge in [-0.2, -0.15) is 0 Å². The van der Waals surface area contributed by atoms with Crippen LogP contribution in [0.15, 0.2) is 72.8 Å². The molecule has 3 aromatic rings. The number of nitrogens with zero attached hydrogens (tertiary/aromatic N) is 1. The van der Waals surface area contributed by atoms with Gasteiger partial charge in [0, 0.05) is 51.0 Å². The molecule has 3 atom stereocenters. The number of nitrogens with one attached hydrogen (secondary N) is 1. The van der Waals surface area contributed by atoms with Gasteiger partial charge in [-0.3, -0.25) is 14.5 Å². The van der Waals surface area contributed by atoms with Gasteiger partial charge in [-0.15, -0.1) is 0 Å². The maximum absolute atomic E-state index is 12.3. The van der Waals surface area contributed by atoms with Crippen molar-refractivity contribution in [2.24, 2.45) is 0 Å². The molecule has 2 aliphatic heterocycles. The van der Waals surface area contributed by atoms with Crippen LogP contribution in [-0.4, -0.2) is 65.9 Å². The van der Waals surface area contributed by atoms with Crippen molar-refractivity contribution < 1.29 is 34.0 Å². The standard InChI is InChI=1S/C35H42N2O7/c38-24-25-9-11-27(12-10-25)32-21-30(23-37-17-19-42-20-18-37)43-35(44-32)28-15-13-26(14-16-28)31-6-2-1-5-29(31)22-36-33(39)7-3-4-8-34(40)41/h1-2,5-6,9-16,30,32,35,38H,3-4,7-8,17-24H2,(H,36,39)(H,40,41)/t30-,32+,35+/m1/s1. The molecule has 2 heterocycles. The number of amides is 1. The first-order chi connectivity index (χ1) is 21.5. The Labute approximate surface area is 258 Å². The van der Waals surface area contributed by atoms with Gasteiger partial charge >= 0.3 is 5.97 Å². The number of aliphatic hydroxyl groups is 1. The zero-order valence-electron chi connectivity index (χ0n) is 25.0. The number of unbranched alkanes of at least 4 members (excludes halogenated alkanes) is 1. The van der Waals surface area contributed by atoms with Crippen LogP contribution in [0.25, 0.3) is 11.1 Å². The van der Waals surface area contributed by atoms with Gasteiger partial charge in [-0.1, -0.05) is 72.8 Å². The quantitative estimate of drug-likeness (QED) is 0.235. The van der Waals surface area contributed by atoms with E-state index in [1.165, 1.54) is 0 Å². The van der Waals surface area contributed by atoms with Crippen LogP contribution in [0.4, 0.5) is 0 Å². The number of carboxylic acids is 1. The van der Waals surface area contributed by atoms with Crippen molar-refractivity contribution in [3.63, 3.8) is 0 Å². The summed E-state index contributed by atoms with van der Waals surface area (Å²) in [5.74, 6) is -0.924. The molecule has 2 saturated heterocycles. The number of aliphatic carboxylic acids is 1. The van der Waals surface area contributed by atoms with Crippen LogP contribution in [0.3, 0.4) is 0 Å². The predicted octanol–water partition coefficient (Wildman–Crippen LogP) is 4.98. The third-order valence-corrected chi connectivity index (χ3v) is 8.21. The number of rotatable bonds is 13. The number of hydrogen-bond donors (Lipinski definition) is 3. The van der Waals surface area contributed by atoms with Crippen LogP contribution >= 0.6 is 0 Å². The number of carboxylic acid groups (broad SMARTS) is 1. The third kappa shape index (κ3) is 8.97. The Bertz CT molecular complexity index is 1360. The monoisotopic (exact) mass is 602 g/mol. The molecule has 2 fully saturated rings. The Hall–Kier alpha value is -3.60. The van der Waals surface area contributed by atoms with E-state index in [0.29, 0.717) is 25.8 Å². The summed E-state index contributed by atoms with van der Waals surface area (Å²) >= 11 is 0. The van der Waals surface area contributed by atoms with Crippen LogP contribution in [0.1, 0.15) is 66.8 Å². The summed E-state index contributed by atoms with van der Waals surface area (Å²) < 4.78 is 18.6. The summed E-state index contributed by atoms with van der Waals surface area (Å²) in [5, 5.41) is 21.2. The Morgan fingerprint density at radius 1 is 0.864 bits per heavy atom. The molecule has 0 unspecified atom stereocenters. The molecule has 234 valence electrons. The maximum Gasteiger partial charge on any atom is 0.303 e. The van der Waals surface area contributed by atoms with Crippen molar-refractivity contribution >= 4 is 11.9 Å². The molecule has 3 N–H and O–H groups in total. The van der Waals surface area contributed by atoms with E-state index >= 15 is 0 Å². The van der Waals surface area contributed by atoms with E-state index in [1.807, 2.05) is 60.7 Å². The molecule has 1 amide bonds. The highest BCUT2D eigenvalue weighted by atomic mass is 16.7. The van der Waals surface area contributed by atoms with Crippen LogP contribution in [0, 0.1) is 0 Å². The van der Waals surface area contributed by atoms with Gasteiger partial charge in [0.15, 0.2) is 6.29 Å². The van der Waals surface area contributed by atoms with E-state index < -0.39 is 12.3 Å². The lowest BCUT2D eigenvalue weighted by Crippen LogP contribution is -2.44. The molecule has 3 aromatic carbocycles. The minimum atomic E-state index is -0.840. The summed E-state index contributed by atoms with van der Waals surface area (Å²) in [6.07, 6.45) is 1.49. The van der Waals surface area contributed by atoms with Gasteiger partial charge in [0.2, 0.25) is 5.91 Å². The average Bonchev–Trinajstić information content (AvgIpc) is 3.06. The summed E-state index contributed by atoms with van der Waals surface area (Å²) in [6, 6.07) is 24.1. The molecule has 9 nitrogen and oxygen atoms in total. The number of hydrogen-bond acceptors (Lipinski definition) is 7. The first-order valence-corrected chi connectivity index (χ1v) is 15.5. The maximum atomic E-state index is 12.3. The highest BCUT2D eigenvalue weighted by Crippen LogP contribution is 2.39. The van der Waals surface area contributed by atoms with Crippen molar-refractivity contribution in [3.8, 4) is 11.1 Å². The molecule has 2 aliphatic rings. The summed E-state index contributed by atoms with van der Waals surface area (Å²) in [6.45, 7) is 4.46. The van der Waals surface area contributed by atoms with Crippen molar-refractivity contribution in [2.75, 3.05) is 32.8 Å². The lowest BCUT2D eigenvalue weighted by Gasteiger charge is -2.39. The normalized spacial score (nSPS) is 20.7. The first kappa shape index (κ1) is 31.8. The Morgan fingerprint density at radius 2 is 1.57 bits per heavy atom. The van der Waals surface area contributed by atoms with Crippen LogP contribution in [0.5, 0.6) is 0 Å². The number of morpholine rings is 1. The predicted molar refractivity (Wildman–Crippen MR) is 166 cm³/mol. The van der Waals surface area contributed by atoms with Crippen LogP contribution < -0.4 is 5.32 Å². The number of aliphatic hydroxyl groups excluding tert-OH is 1. The van der Waals surface area contributed by atoms with E-state index in [4.69, 9.17) is 19.3 Å². The molecule has 0 bridgehead atoms. The number of ether oxygens (including phenoxy) is 3. The summed E-state index contributed by atoms with van der Waals surface area (Å²) in [5.41, 5.74) is 5.93. The number of carbonyl (C=O) groups excluding carboxylic acids is 1. The molecule has 9 heteroatoms. The lowest BCUT2D eigenvalue weighted by atomic mass is 9.97. The van der Waals surface area contributed by atoms with Crippen molar-refractivity contribution in [2.45, 2.75) is 63.8 Å². The fourth-order valence-electron chi connectivity index (χ4n) is 5.72. The SMILES string of the molecule is O=C(O)CCCCC(=O)NCc1ccccc1-c1ccc([C@H]2O[C@@H](CN3CCOCC3)C[C@@H](c3ccc(CO)cc3)O2)cc1. The second kappa shape index (κ2) is 15.9. The van der Waals surface area contributed by atoms with Crippen LogP contribution in [-0.2, 0) is 37.0 Å². The van der Waals surface area contributed by atoms with Gasteiger partial charge < -0.3 is 29.7 Å². The van der Waals surface area contributed by atoms with E-state index in [1.54, 1.807) is 0 Å². The van der Waals surface area contributed by atoms with E-state index in [9.17, 15) is 14.7 Å². The van der Waals surface area contributed by atoms with E-state index in [0.717, 1.165) is 72.6 Å². The second-order valence-electron chi connectivity index (χ2n) is 11.4. The van der Waals surface area contributed by atoms with Crippen molar-refractivity contribution in [1.82, 2.24) is 10.2 Å². The fourth-order valence-corrected chi connectivity index (χ4v) is 5.72. The molecule has 5 rings (SSSR count). The van der Waals surface area contributed by atoms with Gasteiger partial charge in [0.05, 0.1) is 32.0 Å². The van der Waals surface area contributed by atoms with Gasteiger partial charge in [0.1, 0.15) is 0 Å². The lowest BCUT2D eigenvalue weighted by molar-refractivity contribution is -0.253.